The Labute approximate surface area is 101 Å². The van der Waals surface area contributed by atoms with Gasteiger partial charge in [-0.15, -0.1) is 11.8 Å². The van der Waals surface area contributed by atoms with Crippen LogP contribution < -0.4 is 5.73 Å². The number of carbonyl (C=O) groups is 1. The van der Waals surface area contributed by atoms with Crippen molar-refractivity contribution in [3.8, 4) is 0 Å². The number of nitrogens with zero attached hydrogens (tertiary/aromatic N) is 2. The predicted molar refractivity (Wildman–Crippen MR) is 68.9 cm³/mol. The van der Waals surface area contributed by atoms with Gasteiger partial charge in [-0.2, -0.15) is 0 Å². The maximum atomic E-state index is 10.4. The first-order valence-electron chi connectivity index (χ1n) is 4.39. The predicted octanol–water partition coefficient (Wildman–Crippen LogP) is 1.35. The number of carbonyl (C=O) groups excluding carboxylic acids is 1. The summed E-state index contributed by atoms with van der Waals surface area (Å²) in [5.74, 6) is 0. The minimum atomic E-state index is 0.112. The smallest absolute Gasteiger partial charge is 0.153 e. The number of aldehydes is 1. The fourth-order valence-corrected chi connectivity index (χ4v) is 2.94. The molecule has 2 unspecified atom stereocenters. The molecular formula is C9H12BrN3OS. The summed E-state index contributed by atoms with van der Waals surface area (Å²) in [6.45, 7) is 2.59. The molecule has 1 rings (SSSR count). The summed E-state index contributed by atoms with van der Waals surface area (Å²) in [4.78, 5) is 19.0. The highest BCUT2D eigenvalue weighted by Gasteiger charge is 2.25. The summed E-state index contributed by atoms with van der Waals surface area (Å²) in [5.41, 5.74) is 5.60. The molecule has 0 amide bonds. The molecule has 0 aliphatic carbocycles. The topological polar surface area (TPSA) is 67.8 Å². The average Bonchev–Trinajstić information content (AvgIpc) is 2.52. The van der Waals surface area contributed by atoms with Crippen LogP contribution in [0.5, 0.6) is 0 Å². The first-order chi connectivity index (χ1) is 7.17. The number of thioether (sulfide) groups is 1. The van der Waals surface area contributed by atoms with Crippen LogP contribution in [0.1, 0.15) is 6.92 Å². The maximum absolute atomic E-state index is 10.4. The molecule has 15 heavy (non-hydrogen) atoms. The Morgan fingerprint density at radius 2 is 2.53 bits per heavy atom. The Kier molecular flexibility index (Phi) is 5.04. The summed E-state index contributed by atoms with van der Waals surface area (Å²) in [5, 5.41) is 1.36. The van der Waals surface area contributed by atoms with Gasteiger partial charge in [0, 0.05) is 18.0 Å². The SMILES string of the molecule is CC1=NC(Br)C(CN=CC(C=O)=CN)S1. The molecule has 1 aliphatic heterocycles. The third kappa shape index (κ3) is 3.79. The van der Waals surface area contributed by atoms with E-state index in [1.54, 1.807) is 11.8 Å². The van der Waals surface area contributed by atoms with Gasteiger partial charge in [0.15, 0.2) is 6.29 Å². The largest absolute Gasteiger partial charge is 0.404 e. The van der Waals surface area contributed by atoms with Gasteiger partial charge in [-0.05, 0) is 6.92 Å². The van der Waals surface area contributed by atoms with Crippen LogP contribution in [-0.4, -0.2) is 34.3 Å². The monoisotopic (exact) mass is 289 g/mol. The molecule has 2 N–H and O–H groups in total. The molecule has 1 heterocycles. The summed E-state index contributed by atoms with van der Waals surface area (Å²) in [6.07, 6.45) is 3.41. The number of nitrogens with two attached hydrogens (primary N) is 1. The van der Waals surface area contributed by atoms with Crippen LogP contribution in [0.2, 0.25) is 0 Å². The van der Waals surface area contributed by atoms with Crippen LogP contribution in [0.3, 0.4) is 0 Å². The number of aliphatic imine (C=N–C) groups is 2. The van der Waals surface area contributed by atoms with E-state index in [0.29, 0.717) is 23.7 Å². The van der Waals surface area contributed by atoms with Crippen molar-refractivity contribution in [2.75, 3.05) is 6.54 Å². The molecule has 0 radical (unpaired) electrons. The second-order valence-corrected chi connectivity index (χ2v) is 5.33. The first kappa shape index (κ1) is 12.4. The van der Waals surface area contributed by atoms with Gasteiger partial charge in [0.05, 0.1) is 16.8 Å². The highest BCUT2D eigenvalue weighted by Crippen LogP contribution is 2.30. The molecule has 0 fully saturated rings. The van der Waals surface area contributed by atoms with Gasteiger partial charge in [-0.3, -0.25) is 14.8 Å². The molecule has 4 nitrogen and oxygen atoms in total. The van der Waals surface area contributed by atoms with Crippen LogP contribution in [-0.2, 0) is 4.79 Å². The van der Waals surface area contributed by atoms with E-state index < -0.39 is 0 Å². The van der Waals surface area contributed by atoms with Crippen molar-refractivity contribution in [3.63, 3.8) is 0 Å². The van der Waals surface area contributed by atoms with Crippen molar-refractivity contribution in [2.24, 2.45) is 15.7 Å². The van der Waals surface area contributed by atoms with Crippen molar-refractivity contribution in [1.82, 2.24) is 0 Å². The Morgan fingerprint density at radius 3 is 3.00 bits per heavy atom. The zero-order valence-corrected chi connectivity index (χ0v) is 10.7. The van der Waals surface area contributed by atoms with E-state index in [9.17, 15) is 4.79 Å². The minimum absolute atomic E-state index is 0.112. The van der Waals surface area contributed by atoms with Gasteiger partial charge in [0.25, 0.3) is 0 Å². The second kappa shape index (κ2) is 6.07. The Balaban J connectivity index is 2.42. The molecule has 0 bridgehead atoms. The molecule has 1 aliphatic rings. The molecule has 0 saturated carbocycles. The minimum Gasteiger partial charge on any atom is -0.404 e. The van der Waals surface area contributed by atoms with E-state index in [-0.39, 0.29) is 4.95 Å². The zero-order chi connectivity index (χ0) is 11.3. The van der Waals surface area contributed by atoms with Crippen LogP contribution in [0.25, 0.3) is 0 Å². The first-order valence-corrected chi connectivity index (χ1v) is 6.19. The van der Waals surface area contributed by atoms with Gasteiger partial charge in [-0.1, -0.05) is 15.9 Å². The van der Waals surface area contributed by atoms with E-state index in [1.165, 1.54) is 12.4 Å². The normalized spacial score (nSPS) is 27.1. The molecule has 6 heteroatoms. The van der Waals surface area contributed by atoms with Crippen LogP contribution >= 0.6 is 27.7 Å². The molecule has 0 saturated heterocycles. The molecule has 82 valence electrons. The average molecular weight is 290 g/mol. The maximum Gasteiger partial charge on any atom is 0.153 e. The van der Waals surface area contributed by atoms with Crippen molar-refractivity contribution < 1.29 is 4.79 Å². The van der Waals surface area contributed by atoms with Gasteiger partial charge in [0.2, 0.25) is 0 Å². The number of alkyl halides is 1. The number of hydrogen-bond acceptors (Lipinski definition) is 5. The Bertz CT molecular complexity index is 327. The number of allylic oxidation sites excluding steroid dienone is 1. The van der Waals surface area contributed by atoms with Crippen LogP contribution in [0.4, 0.5) is 0 Å². The van der Waals surface area contributed by atoms with Gasteiger partial charge in [0.1, 0.15) is 4.95 Å². The van der Waals surface area contributed by atoms with Crippen LogP contribution in [0, 0.1) is 0 Å². The van der Waals surface area contributed by atoms with E-state index in [0.717, 1.165) is 5.04 Å². The number of halogens is 1. The Morgan fingerprint density at radius 1 is 1.80 bits per heavy atom. The summed E-state index contributed by atoms with van der Waals surface area (Å²) in [6, 6.07) is 0. The van der Waals surface area contributed by atoms with Crippen LogP contribution in [0.15, 0.2) is 21.8 Å². The van der Waals surface area contributed by atoms with E-state index in [1.807, 2.05) is 6.92 Å². The zero-order valence-electron chi connectivity index (χ0n) is 8.26. The summed E-state index contributed by atoms with van der Waals surface area (Å²) >= 11 is 5.15. The summed E-state index contributed by atoms with van der Waals surface area (Å²) in [7, 11) is 0. The lowest BCUT2D eigenvalue weighted by Crippen LogP contribution is -2.14. The van der Waals surface area contributed by atoms with Gasteiger partial charge >= 0.3 is 0 Å². The van der Waals surface area contributed by atoms with Crippen molar-refractivity contribution in [3.05, 3.63) is 11.8 Å². The lowest BCUT2D eigenvalue weighted by Gasteiger charge is -2.07. The highest BCUT2D eigenvalue weighted by molar-refractivity contribution is 9.09. The van der Waals surface area contributed by atoms with Crippen molar-refractivity contribution in [2.45, 2.75) is 17.1 Å². The van der Waals surface area contributed by atoms with E-state index in [2.05, 4.69) is 25.9 Å². The molecule has 2 atom stereocenters. The molecular weight excluding hydrogens is 278 g/mol. The molecule has 0 spiro atoms. The molecule has 0 aromatic heterocycles. The quantitative estimate of drug-likeness (QED) is 0.279. The molecule has 0 aromatic rings. The summed E-state index contributed by atoms with van der Waals surface area (Å²) < 4.78 is 0. The second-order valence-electron chi connectivity index (χ2n) is 2.96. The van der Waals surface area contributed by atoms with Crippen molar-refractivity contribution in [1.29, 1.82) is 0 Å². The van der Waals surface area contributed by atoms with Gasteiger partial charge in [-0.25, -0.2) is 0 Å². The Hall–Kier alpha value is -0.620. The standard InChI is InChI=1S/C9H12BrN3OS/c1-6-13-9(10)8(15-6)4-12-3-7(2-11)5-14/h2-3,5,8-9H,4,11H2,1H3. The van der Waals surface area contributed by atoms with E-state index in [4.69, 9.17) is 5.73 Å². The van der Waals surface area contributed by atoms with Crippen molar-refractivity contribution >= 4 is 45.2 Å². The highest BCUT2D eigenvalue weighted by atomic mass is 79.9. The fourth-order valence-electron chi connectivity index (χ4n) is 1.06. The third-order valence-electron chi connectivity index (χ3n) is 1.79. The lowest BCUT2D eigenvalue weighted by molar-refractivity contribution is -0.104. The lowest BCUT2D eigenvalue weighted by atomic mass is 10.3. The van der Waals surface area contributed by atoms with Gasteiger partial charge < -0.3 is 5.73 Å². The third-order valence-corrected chi connectivity index (χ3v) is 4.14. The van der Waals surface area contributed by atoms with E-state index >= 15 is 0 Å². The fraction of sp³-hybridized carbons (Fsp3) is 0.444. The number of hydrogen-bond donors (Lipinski definition) is 1. The number of rotatable bonds is 4. The molecule has 0 aromatic carbocycles.